The number of fused-ring (bicyclic) bond motifs is 1. The van der Waals surface area contributed by atoms with E-state index in [2.05, 4.69) is 4.98 Å². The number of anilines is 1. The van der Waals surface area contributed by atoms with Gasteiger partial charge in [0.05, 0.1) is 25.8 Å². The summed E-state index contributed by atoms with van der Waals surface area (Å²) in [5.74, 6) is -0.921. The summed E-state index contributed by atoms with van der Waals surface area (Å²) in [6.45, 7) is 0. The van der Waals surface area contributed by atoms with E-state index in [0.717, 1.165) is 29.5 Å². The topological polar surface area (TPSA) is 141 Å². The van der Waals surface area contributed by atoms with Crippen molar-refractivity contribution in [3.63, 3.8) is 0 Å². The van der Waals surface area contributed by atoms with Crippen LogP contribution in [0, 0.1) is 10.1 Å². The van der Waals surface area contributed by atoms with Gasteiger partial charge < -0.3 is 4.42 Å². The molecular formula is C19H11N3O7S2. The number of carbonyl (C=O) groups excluding carboxylic acids is 1. The summed E-state index contributed by atoms with van der Waals surface area (Å²) in [6, 6.07) is 11.2. The van der Waals surface area contributed by atoms with E-state index in [-0.39, 0.29) is 16.8 Å². The second kappa shape index (κ2) is 7.74. The van der Waals surface area contributed by atoms with Crippen molar-refractivity contribution in [3.8, 4) is 0 Å². The third-order valence-corrected chi connectivity index (χ3v) is 6.70. The molecule has 4 rings (SSSR count). The van der Waals surface area contributed by atoms with Crippen LogP contribution < -0.4 is 9.24 Å². The Hall–Kier alpha value is -3.90. The fourth-order valence-electron chi connectivity index (χ4n) is 2.82. The zero-order chi connectivity index (χ0) is 22.2. The van der Waals surface area contributed by atoms with Crippen molar-refractivity contribution in [1.82, 2.24) is 4.98 Å². The number of benzene rings is 2. The molecule has 0 aliphatic rings. The van der Waals surface area contributed by atoms with Crippen LogP contribution in [0.5, 0.6) is 0 Å². The monoisotopic (exact) mass is 457 g/mol. The number of aromatic nitrogens is 1. The predicted octanol–water partition coefficient (Wildman–Crippen LogP) is 3.19. The van der Waals surface area contributed by atoms with E-state index in [9.17, 15) is 28.1 Å². The molecule has 2 heterocycles. The Morgan fingerprint density at radius 1 is 1.13 bits per heavy atom. The number of non-ortho nitro benzene ring substituents is 1. The van der Waals surface area contributed by atoms with E-state index in [1.165, 1.54) is 48.8 Å². The van der Waals surface area contributed by atoms with Crippen molar-refractivity contribution >= 4 is 48.9 Å². The summed E-state index contributed by atoms with van der Waals surface area (Å²) in [5, 5.41) is 11.1. The van der Waals surface area contributed by atoms with E-state index >= 15 is 0 Å². The number of sulfonamides is 1. The molecule has 1 amide bonds. The predicted molar refractivity (Wildman–Crippen MR) is 112 cm³/mol. The average molecular weight is 457 g/mol. The summed E-state index contributed by atoms with van der Waals surface area (Å²) in [5.41, 5.74) is -0.291. The highest BCUT2D eigenvalue weighted by molar-refractivity contribution is 7.93. The molecule has 2 aromatic carbocycles. The molecule has 10 nitrogen and oxygen atoms in total. The van der Waals surface area contributed by atoms with Gasteiger partial charge >= 0.3 is 4.94 Å². The summed E-state index contributed by atoms with van der Waals surface area (Å²) < 4.78 is 32.7. The zero-order valence-corrected chi connectivity index (χ0v) is 17.0. The standard InChI is InChI=1S/C19H11N3O7S2/c23-18(12-3-2-8-20-11-12)21(13-6-7-16-17(10-13)30-19(24)29-16)31(27,28)15-5-1-4-14(9-15)22(25)26/h1-11H. The van der Waals surface area contributed by atoms with Gasteiger partial charge in [-0.25, -0.2) is 13.2 Å². The third-order valence-electron chi connectivity index (χ3n) is 4.21. The van der Waals surface area contributed by atoms with Gasteiger partial charge in [-0.15, -0.1) is 0 Å². The van der Waals surface area contributed by atoms with E-state index in [0.29, 0.717) is 9.01 Å². The van der Waals surface area contributed by atoms with E-state index in [1.807, 2.05) is 0 Å². The van der Waals surface area contributed by atoms with Gasteiger partial charge in [-0.1, -0.05) is 17.4 Å². The summed E-state index contributed by atoms with van der Waals surface area (Å²) in [6.07, 6.45) is 2.62. The average Bonchev–Trinajstić information content (AvgIpc) is 3.13. The van der Waals surface area contributed by atoms with Gasteiger partial charge in [0.2, 0.25) is 0 Å². The number of hydrogen-bond donors (Lipinski definition) is 0. The van der Waals surface area contributed by atoms with Crippen LogP contribution in [0.15, 0.2) is 81.1 Å². The molecule has 0 aliphatic carbocycles. The highest BCUT2D eigenvalue weighted by Gasteiger charge is 2.33. The molecule has 0 saturated carbocycles. The number of pyridine rings is 1. The molecular weight excluding hydrogens is 446 g/mol. The molecule has 0 radical (unpaired) electrons. The first-order valence-corrected chi connectivity index (χ1v) is 10.8. The maximum Gasteiger partial charge on any atom is 0.396 e. The van der Waals surface area contributed by atoms with Crippen molar-refractivity contribution < 1.29 is 22.6 Å². The number of nitrogens with zero attached hydrogens (tertiary/aromatic N) is 3. The van der Waals surface area contributed by atoms with Gasteiger partial charge in [-0.3, -0.25) is 19.9 Å². The Balaban J connectivity index is 1.93. The summed E-state index contributed by atoms with van der Waals surface area (Å²) in [7, 11) is -4.57. The fourth-order valence-corrected chi connectivity index (χ4v) is 4.97. The van der Waals surface area contributed by atoms with Gasteiger partial charge in [0.25, 0.3) is 21.6 Å². The molecule has 0 aliphatic heterocycles. The fraction of sp³-hybridized carbons (Fsp3) is 0. The van der Waals surface area contributed by atoms with Crippen LogP contribution in [0.3, 0.4) is 0 Å². The maximum absolute atomic E-state index is 13.4. The molecule has 0 unspecified atom stereocenters. The number of rotatable bonds is 5. The van der Waals surface area contributed by atoms with Crippen LogP contribution in [0.2, 0.25) is 0 Å². The van der Waals surface area contributed by atoms with Crippen LogP contribution in [0.4, 0.5) is 11.4 Å². The van der Waals surface area contributed by atoms with Crippen LogP contribution in [0.25, 0.3) is 10.3 Å². The first-order valence-electron chi connectivity index (χ1n) is 8.55. The number of nitro benzene ring substituents is 1. The Labute approximate surface area is 178 Å². The van der Waals surface area contributed by atoms with Gasteiger partial charge in [0.15, 0.2) is 0 Å². The van der Waals surface area contributed by atoms with Gasteiger partial charge in [0, 0.05) is 24.5 Å². The minimum Gasteiger partial charge on any atom is -0.414 e. The lowest BCUT2D eigenvalue weighted by Gasteiger charge is -2.22. The van der Waals surface area contributed by atoms with Crippen LogP contribution >= 0.6 is 11.3 Å². The Kier molecular flexibility index (Phi) is 5.09. The number of carbonyl (C=O) groups is 1. The van der Waals surface area contributed by atoms with Gasteiger partial charge in [0.1, 0.15) is 5.58 Å². The number of hydrogen-bond acceptors (Lipinski definition) is 9. The summed E-state index contributed by atoms with van der Waals surface area (Å²) in [4.78, 5) is 37.9. The van der Waals surface area contributed by atoms with Crippen molar-refractivity contribution in [3.05, 3.63) is 92.4 Å². The van der Waals surface area contributed by atoms with Crippen molar-refractivity contribution in [2.24, 2.45) is 0 Å². The molecule has 0 spiro atoms. The Morgan fingerprint density at radius 3 is 2.65 bits per heavy atom. The lowest BCUT2D eigenvalue weighted by Crippen LogP contribution is -2.37. The smallest absolute Gasteiger partial charge is 0.396 e. The zero-order valence-electron chi connectivity index (χ0n) is 15.4. The second-order valence-corrected chi connectivity index (χ2v) is 8.92. The largest absolute Gasteiger partial charge is 0.414 e. The van der Waals surface area contributed by atoms with Gasteiger partial charge in [-0.05, 0) is 36.4 Å². The normalized spacial score (nSPS) is 11.4. The Bertz CT molecular complexity index is 1480. The quantitative estimate of drug-likeness (QED) is 0.329. The minimum atomic E-state index is -4.57. The number of nitro groups is 1. The second-order valence-electron chi connectivity index (χ2n) is 6.16. The summed E-state index contributed by atoms with van der Waals surface area (Å²) >= 11 is 0.747. The van der Waals surface area contributed by atoms with E-state index in [1.54, 1.807) is 0 Å². The Morgan fingerprint density at radius 2 is 1.94 bits per heavy atom. The highest BCUT2D eigenvalue weighted by Crippen LogP contribution is 2.31. The SMILES string of the molecule is O=C(c1cccnc1)N(c1ccc2oc(=O)sc2c1)S(=O)(=O)c1cccc([N+](=O)[O-])c1. The van der Waals surface area contributed by atoms with E-state index in [4.69, 9.17) is 4.42 Å². The van der Waals surface area contributed by atoms with Gasteiger partial charge in [-0.2, -0.15) is 4.31 Å². The van der Waals surface area contributed by atoms with Crippen molar-refractivity contribution in [1.29, 1.82) is 0 Å². The molecule has 0 N–H and O–H groups in total. The van der Waals surface area contributed by atoms with Crippen molar-refractivity contribution in [2.75, 3.05) is 4.31 Å². The van der Waals surface area contributed by atoms with Crippen LogP contribution in [0.1, 0.15) is 10.4 Å². The van der Waals surface area contributed by atoms with Crippen LogP contribution in [-0.4, -0.2) is 24.2 Å². The van der Waals surface area contributed by atoms with Crippen molar-refractivity contribution in [2.45, 2.75) is 4.90 Å². The molecule has 31 heavy (non-hydrogen) atoms. The first-order chi connectivity index (χ1) is 14.8. The first kappa shape index (κ1) is 20.4. The number of amides is 1. The van der Waals surface area contributed by atoms with E-state index < -0.39 is 36.4 Å². The molecule has 12 heteroatoms. The third kappa shape index (κ3) is 3.81. The molecule has 156 valence electrons. The highest BCUT2D eigenvalue weighted by atomic mass is 32.2. The lowest BCUT2D eigenvalue weighted by atomic mass is 10.2. The molecule has 0 saturated heterocycles. The molecule has 4 aromatic rings. The molecule has 0 bridgehead atoms. The molecule has 0 atom stereocenters. The van der Waals surface area contributed by atoms with Crippen LogP contribution in [-0.2, 0) is 10.0 Å². The molecule has 2 aromatic heterocycles. The lowest BCUT2D eigenvalue weighted by molar-refractivity contribution is -0.385. The molecule has 0 fully saturated rings. The maximum atomic E-state index is 13.4. The minimum absolute atomic E-state index is 0.0167.